The van der Waals surface area contributed by atoms with Crippen LogP contribution in [0.15, 0.2) is 61.9 Å². The maximum Gasteiger partial charge on any atom is 0.508 e. The Morgan fingerprint density at radius 1 is 0.822 bits per heavy atom. The fraction of sp³-hybridized carbons (Fsp3) is 0.694. The summed E-state index contributed by atoms with van der Waals surface area (Å²) in [5.41, 5.74) is -1.82. The third kappa shape index (κ3) is 13.8. The van der Waals surface area contributed by atoms with Crippen molar-refractivity contribution in [3.63, 3.8) is 0 Å². The number of aryl methyl sites for hydroxylation is 1. The average Bonchev–Trinajstić information content (AvgIpc) is 3.79. The van der Waals surface area contributed by atoms with Crippen molar-refractivity contribution in [2.75, 3.05) is 19.9 Å². The molecular weight excluding hydrogens is 1000 g/mol. The lowest BCUT2D eigenvalue weighted by molar-refractivity contribution is -0.385. The fourth-order valence-corrected chi connectivity index (χ4v) is 17.9. The SMILES string of the molecule is CCCCc1ccc(C(C)COC(=O)OC2[C@@H](COP(C)(=O)OC3[C@@H](CC)O[C@@H](n4ccc(=O)[nH]c4=O)[C@H]3O[Si](C)(C)C(C)(C)C)O[C@@H](n3ccc(=O)[nH]c3=O)[C@H]2O[Si](C(C)C)(C(C)C)C(C)C)c([N+](=O)[O-])c1. The molecule has 21 nitrogen and oxygen atoms in total. The quantitative estimate of drug-likeness (QED) is 0.0295. The number of H-pyrrole nitrogens is 2. The maximum absolute atomic E-state index is 14.8. The zero-order valence-corrected chi connectivity index (χ0v) is 47.9. The summed E-state index contributed by atoms with van der Waals surface area (Å²) in [4.78, 5) is 81.7. The molecule has 73 heavy (non-hydrogen) atoms. The number of nitro groups is 1. The number of aromatic amines is 2. The predicted molar refractivity (Wildman–Crippen MR) is 279 cm³/mol. The van der Waals surface area contributed by atoms with Crippen LogP contribution >= 0.6 is 7.60 Å². The third-order valence-corrected chi connectivity index (χ3v) is 26.4. The molecular formula is C49H78N5O16PSi2. The summed E-state index contributed by atoms with van der Waals surface area (Å²) in [7, 11) is -9.88. The number of hydrogen-bond donors (Lipinski definition) is 2. The van der Waals surface area contributed by atoms with E-state index in [-0.39, 0.29) is 34.0 Å². The van der Waals surface area contributed by atoms with Crippen LogP contribution in [-0.2, 0) is 47.8 Å². The van der Waals surface area contributed by atoms with Gasteiger partial charge in [-0.15, -0.1) is 0 Å². The van der Waals surface area contributed by atoms with E-state index in [0.717, 1.165) is 29.0 Å². The first-order valence-electron chi connectivity index (χ1n) is 25.3. The molecule has 0 amide bonds. The summed E-state index contributed by atoms with van der Waals surface area (Å²) in [6, 6.07) is 7.37. The number of ether oxygens (including phenoxy) is 4. The smallest absolute Gasteiger partial charge is 0.434 e. The highest BCUT2D eigenvalue weighted by atomic mass is 31.2. The van der Waals surface area contributed by atoms with Gasteiger partial charge in [-0.1, -0.05) is 102 Å². The van der Waals surface area contributed by atoms with Gasteiger partial charge in [0.25, 0.3) is 16.8 Å². The Kier molecular flexibility index (Phi) is 19.7. The lowest BCUT2D eigenvalue weighted by Gasteiger charge is -2.45. The van der Waals surface area contributed by atoms with Gasteiger partial charge >= 0.3 is 25.1 Å². The minimum Gasteiger partial charge on any atom is -0.434 e. The van der Waals surface area contributed by atoms with Crippen LogP contribution in [0.25, 0.3) is 0 Å². The standard InChI is InChI=1S/C49H78N5O16PSi2/c1-16-18-19-33-20-21-34(35(26-33)54(60)61)32(9)27-63-48(59)67-40-37(66-44(52-24-22-38(55)50-46(52)57)42(40)70-73(29(3)4,30(5)6)31(7)8)28-64-71(13,62)68-41-36(17-2)65-45(53-25-23-39(56)51-47(53)58)43(41)69-72(14,15)49(10,11)12/h20-26,29-32,36-37,40-45H,16-19,27-28H2,1-15H3,(H,50,55,57)(H,51,56,58)/t32?,36-,37-,40?,41?,42+,43+,44-,45-,71?/m1/s1. The zero-order valence-electron chi connectivity index (χ0n) is 45.0. The fourth-order valence-electron chi connectivity index (χ4n) is 9.85. The number of rotatable bonds is 23. The summed E-state index contributed by atoms with van der Waals surface area (Å²) in [6.45, 7) is 28.3. The van der Waals surface area contributed by atoms with Crippen molar-refractivity contribution < 1.29 is 51.1 Å². The van der Waals surface area contributed by atoms with Crippen molar-refractivity contribution in [1.29, 1.82) is 0 Å². The van der Waals surface area contributed by atoms with Crippen LogP contribution in [0.4, 0.5) is 10.5 Å². The van der Waals surface area contributed by atoms with Crippen LogP contribution in [0, 0.1) is 10.1 Å². The number of nitrogens with one attached hydrogen (secondary N) is 2. The lowest BCUT2D eigenvalue weighted by atomic mass is 9.97. The third-order valence-electron chi connectivity index (χ3n) is 14.6. The molecule has 2 saturated heterocycles. The van der Waals surface area contributed by atoms with Crippen molar-refractivity contribution in [2.24, 2.45) is 0 Å². The van der Waals surface area contributed by atoms with Gasteiger partial charge in [0, 0.05) is 48.7 Å². The van der Waals surface area contributed by atoms with Gasteiger partial charge in [0.2, 0.25) is 8.32 Å². The van der Waals surface area contributed by atoms with Gasteiger partial charge in [0.1, 0.15) is 31.0 Å². The molecule has 3 aromatic rings. The van der Waals surface area contributed by atoms with Gasteiger partial charge in [-0.25, -0.2) is 14.4 Å². The van der Waals surface area contributed by atoms with E-state index in [1.165, 1.54) is 29.7 Å². The molecule has 2 aliphatic rings. The van der Waals surface area contributed by atoms with E-state index in [1.54, 1.807) is 19.1 Å². The number of nitrogens with zero attached hydrogens (tertiary/aromatic N) is 3. The number of hydrogen-bond acceptors (Lipinski definition) is 16. The highest BCUT2D eigenvalue weighted by molar-refractivity contribution is 7.53. The number of carbonyl (C=O) groups excluding carboxylic acids is 1. The molecule has 0 spiro atoms. The molecule has 0 aliphatic carbocycles. The van der Waals surface area contributed by atoms with E-state index in [4.69, 9.17) is 36.8 Å². The molecule has 2 fully saturated rings. The molecule has 0 bridgehead atoms. The summed E-state index contributed by atoms with van der Waals surface area (Å²) in [6.07, 6.45) is -5.10. The Balaban J connectivity index is 1.53. The van der Waals surface area contributed by atoms with Gasteiger partial charge in [0.15, 0.2) is 26.9 Å². The highest BCUT2D eigenvalue weighted by Crippen LogP contribution is 2.53. The second-order valence-corrected chi connectivity index (χ2v) is 33.9. The van der Waals surface area contributed by atoms with Crippen molar-refractivity contribution >= 4 is 36.1 Å². The molecule has 408 valence electrons. The second kappa shape index (κ2) is 24.1. The number of carbonyl (C=O) groups is 1. The lowest BCUT2D eigenvalue weighted by Crippen LogP contribution is -2.54. The number of benzene rings is 1. The van der Waals surface area contributed by atoms with Crippen molar-refractivity contribution in [3.8, 4) is 0 Å². The largest absolute Gasteiger partial charge is 0.508 e. The van der Waals surface area contributed by atoms with Crippen LogP contribution in [-0.4, -0.2) is 103 Å². The predicted octanol–water partition coefficient (Wildman–Crippen LogP) is 9.04. The summed E-state index contributed by atoms with van der Waals surface area (Å²) in [5.74, 6) is -0.643. The summed E-state index contributed by atoms with van der Waals surface area (Å²) >= 11 is 0. The van der Waals surface area contributed by atoms with Gasteiger partial charge in [-0.3, -0.25) is 47.9 Å². The molecule has 0 radical (unpaired) electrons. The molecule has 1 aromatic carbocycles. The topological polar surface area (TPSA) is 261 Å². The first-order chi connectivity index (χ1) is 34.0. The summed E-state index contributed by atoms with van der Waals surface area (Å²) in [5, 5.41) is 11.9. The highest BCUT2D eigenvalue weighted by Gasteiger charge is 2.57. The normalized spacial score (nSPS) is 24.0. The molecule has 0 saturated carbocycles. The van der Waals surface area contributed by atoms with E-state index in [0.29, 0.717) is 18.4 Å². The van der Waals surface area contributed by atoms with Gasteiger partial charge in [-0.2, -0.15) is 0 Å². The monoisotopic (exact) mass is 1080 g/mol. The molecule has 4 unspecified atom stereocenters. The second-order valence-electron chi connectivity index (χ2n) is 21.8. The van der Waals surface area contributed by atoms with E-state index < -0.39 is 119 Å². The minimum absolute atomic E-state index is 0.0185. The first-order valence-corrected chi connectivity index (χ1v) is 32.3. The zero-order chi connectivity index (χ0) is 54.5. The maximum atomic E-state index is 14.8. The Hall–Kier alpha value is -4.33. The van der Waals surface area contributed by atoms with Crippen LogP contribution in [0.1, 0.15) is 132 Å². The molecule has 24 heteroatoms. The van der Waals surface area contributed by atoms with E-state index >= 15 is 0 Å². The van der Waals surface area contributed by atoms with Crippen LogP contribution in [0.2, 0.25) is 34.8 Å². The van der Waals surface area contributed by atoms with Gasteiger partial charge < -0.3 is 32.3 Å². The number of unbranched alkanes of at least 4 members (excludes halogenated alkanes) is 1. The minimum atomic E-state index is -4.23. The Morgan fingerprint density at radius 2 is 1.36 bits per heavy atom. The average molecular weight is 1080 g/mol. The summed E-state index contributed by atoms with van der Waals surface area (Å²) < 4.78 is 68.9. The molecule has 2 aromatic heterocycles. The van der Waals surface area contributed by atoms with E-state index in [2.05, 4.69) is 9.97 Å². The van der Waals surface area contributed by atoms with E-state index in [1.807, 2.05) is 95.3 Å². The first kappa shape index (κ1) is 59.5. The molecule has 4 heterocycles. The molecule has 10 atom stereocenters. The number of aromatic nitrogens is 4. The van der Waals surface area contributed by atoms with Crippen LogP contribution in [0.3, 0.4) is 0 Å². The Bertz CT molecular complexity index is 2660. The Labute approximate surface area is 428 Å². The number of nitro benzene ring substituents is 1. The van der Waals surface area contributed by atoms with Gasteiger partial charge in [-0.05, 0) is 59.6 Å². The Morgan fingerprint density at radius 3 is 1.84 bits per heavy atom. The molecule has 2 aliphatic heterocycles. The molecule has 5 rings (SSSR count). The van der Waals surface area contributed by atoms with Crippen LogP contribution in [0.5, 0.6) is 0 Å². The van der Waals surface area contributed by atoms with Crippen molar-refractivity contribution in [3.05, 3.63) is 106 Å². The van der Waals surface area contributed by atoms with Crippen LogP contribution < -0.4 is 22.5 Å². The van der Waals surface area contributed by atoms with Gasteiger partial charge in [0.05, 0.1) is 17.6 Å². The van der Waals surface area contributed by atoms with Crippen molar-refractivity contribution in [1.82, 2.24) is 19.1 Å². The molecule has 2 N–H and O–H groups in total. The van der Waals surface area contributed by atoms with Crippen molar-refractivity contribution in [2.45, 2.75) is 199 Å². The van der Waals surface area contributed by atoms with E-state index in [9.17, 15) is 38.7 Å².